The third kappa shape index (κ3) is 2.60. The summed E-state index contributed by atoms with van der Waals surface area (Å²) in [7, 11) is 0. The molecule has 1 aliphatic rings. The van der Waals surface area contributed by atoms with Crippen molar-refractivity contribution < 1.29 is 0 Å². The molecule has 1 aromatic heterocycles. The first kappa shape index (κ1) is 10.2. The number of aliphatic imine (C=N–C) groups is 1. The molecule has 3 nitrogen and oxygen atoms in total. The van der Waals surface area contributed by atoms with Gasteiger partial charge < -0.3 is 5.32 Å². The van der Waals surface area contributed by atoms with Crippen molar-refractivity contribution in [3.63, 3.8) is 0 Å². The lowest BCUT2D eigenvalue weighted by Gasteiger charge is -2.04. The van der Waals surface area contributed by atoms with E-state index in [9.17, 15) is 0 Å². The second-order valence-corrected chi connectivity index (χ2v) is 5.05. The largest absolute Gasteiger partial charge is 0.320 e. The van der Waals surface area contributed by atoms with E-state index in [0.717, 1.165) is 22.0 Å². The van der Waals surface area contributed by atoms with Crippen molar-refractivity contribution in [3.05, 3.63) is 24.4 Å². The molecule has 0 saturated heterocycles. The van der Waals surface area contributed by atoms with Crippen LogP contribution in [-0.2, 0) is 0 Å². The molecule has 2 rings (SSSR count). The minimum absolute atomic E-state index is 0.627. The van der Waals surface area contributed by atoms with Crippen molar-refractivity contribution in [2.45, 2.75) is 5.25 Å². The molecule has 1 N–H and O–H groups in total. The standard InChI is InChI=1S/C9H10IN3S/c10-5-7-6-12-9(14-7)13-8-3-1-2-4-11-8/h1-4,7H,5-6H2,(H,11,12,13)/t7-/m1/s1. The molecule has 0 spiro atoms. The fraction of sp³-hybridized carbons (Fsp3) is 0.333. The molecule has 1 atom stereocenters. The van der Waals surface area contributed by atoms with Crippen molar-refractivity contribution in [1.29, 1.82) is 0 Å². The number of aromatic nitrogens is 1. The monoisotopic (exact) mass is 319 g/mol. The van der Waals surface area contributed by atoms with Gasteiger partial charge in [0, 0.05) is 15.9 Å². The molecular weight excluding hydrogens is 309 g/mol. The Bertz CT molecular complexity index is 328. The number of alkyl halides is 1. The molecule has 0 radical (unpaired) electrons. The van der Waals surface area contributed by atoms with Gasteiger partial charge in [0.15, 0.2) is 5.17 Å². The van der Waals surface area contributed by atoms with Crippen LogP contribution in [0.5, 0.6) is 0 Å². The van der Waals surface area contributed by atoms with Gasteiger partial charge in [-0.1, -0.05) is 40.4 Å². The number of rotatable bonds is 2. The number of thioether (sulfide) groups is 1. The van der Waals surface area contributed by atoms with Gasteiger partial charge in [0.05, 0.1) is 6.54 Å². The predicted molar refractivity (Wildman–Crippen MR) is 70.4 cm³/mol. The summed E-state index contributed by atoms with van der Waals surface area (Å²) in [5.41, 5.74) is 0. The van der Waals surface area contributed by atoms with Crippen LogP contribution in [0.4, 0.5) is 5.82 Å². The summed E-state index contributed by atoms with van der Waals surface area (Å²) >= 11 is 4.19. The summed E-state index contributed by atoms with van der Waals surface area (Å²) < 4.78 is 1.14. The topological polar surface area (TPSA) is 37.3 Å². The number of pyridine rings is 1. The molecule has 0 fully saturated rings. The first-order valence-corrected chi connectivity index (χ1v) is 6.74. The highest BCUT2D eigenvalue weighted by Crippen LogP contribution is 2.23. The van der Waals surface area contributed by atoms with Crippen LogP contribution in [-0.4, -0.2) is 26.4 Å². The number of hydrogen-bond acceptors (Lipinski definition) is 4. The summed E-state index contributed by atoms with van der Waals surface area (Å²) in [4.78, 5) is 8.59. The molecule has 0 bridgehead atoms. The van der Waals surface area contributed by atoms with Crippen LogP contribution < -0.4 is 5.32 Å². The fourth-order valence-electron chi connectivity index (χ4n) is 1.11. The van der Waals surface area contributed by atoms with E-state index in [1.54, 1.807) is 18.0 Å². The Hall–Kier alpha value is -0.300. The summed E-state index contributed by atoms with van der Waals surface area (Å²) in [5, 5.41) is 4.82. The summed E-state index contributed by atoms with van der Waals surface area (Å²) in [6.07, 6.45) is 1.78. The van der Waals surface area contributed by atoms with Gasteiger partial charge in [0.25, 0.3) is 0 Å². The van der Waals surface area contributed by atoms with Gasteiger partial charge in [-0.2, -0.15) is 0 Å². The van der Waals surface area contributed by atoms with Crippen molar-refractivity contribution in [2.24, 2.45) is 4.99 Å². The van der Waals surface area contributed by atoms with Crippen molar-refractivity contribution in [1.82, 2.24) is 4.98 Å². The lowest BCUT2D eigenvalue weighted by Crippen LogP contribution is -2.08. The number of hydrogen-bond donors (Lipinski definition) is 1. The fourth-order valence-corrected chi connectivity index (χ4v) is 2.77. The van der Waals surface area contributed by atoms with E-state index in [4.69, 9.17) is 0 Å². The first-order chi connectivity index (χ1) is 6.88. The second kappa shape index (κ2) is 4.97. The Morgan fingerprint density at radius 1 is 1.57 bits per heavy atom. The lowest BCUT2D eigenvalue weighted by atomic mass is 10.5. The predicted octanol–water partition coefficient (Wildman–Crippen LogP) is 2.40. The van der Waals surface area contributed by atoms with Crippen LogP contribution >= 0.6 is 34.4 Å². The van der Waals surface area contributed by atoms with E-state index in [2.05, 4.69) is 37.9 Å². The highest BCUT2D eigenvalue weighted by Gasteiger charge is 2.18. The quantitative estimate of drug-likeness (QED) is 0.672. The van der Waals surface area contributed by atoms with Crippen molar-refractivity contribution in [3.8, 4) is 0 Å². The summed E-state index contributed by atoms with van der Waals surface area (Å²) in [6.45, 7) is 0.919. The summed E-state index contributed by atoms with van der Waals surface area (Å²) in [6, 6.07) is 5.81. The van der Waals surface area contributed by atoms with Gasteiger partial charge in [-0.3, -0.25) is 4.99 Å². The number of halogens is 1. The Morgan fingerprint density at radius 2 is 2.50 bits per heavy atom. The maximum absolute atomic E-state index is 4.41. The van der Waals surface area contributed by atoms with E-state index < -0.39 is 0 Å². The van der Waals surface area contributed by atoms with Gasteiger partial charge in [-0.05, 0) is 12.1 Å². The van der Waals surface area contributed by atoms with Crippen LogP contribution in [0.1, 0.15) is 0 Å². The van der Waals surface area contributed by atoms with E-state index >= 15 is 0 Å². The minimum atomic E-state index is 0.627. The first-order valence-electron chi connectivity index (χ1n) is 4.33. The van der Waals surface area contributed by atoms with Crippen molar-refractivity contribution in [2.75, 3.05) is 16.3 Å². The summed E-state index contributed by atoms with van der Waals surface area (Å²) in [5.74, 6) is 0.868. The Morgan fingerprint density at radius 3 is 3.14 bits per heavy atom. The Balaban J connectivity index is 1.94. The van der Waals surface area contributed by atoms with E-state index in [0.29, 0.717) is 5.25 Å². The van der Waals surface area contributed by atoms with Crippen LogP contribution in [0.2, 0.25) is 0 Å². The molecule has 74 valence electrons. The maximum atomic E-state index is 4.41. The van der Waals surface area contributed by atoms with Gasteiger partial charge in [-0.25, -0.2) is 4.98 Å². The molecule has 1 aromatic rings. The molecule has 2 heterocycles. The minimum Gasteiger partial charge on any atom is -0.320 e. The average Bonchev–Trinajstić information content (AvgIpc) is 2.67. The van der Waals surface area contributed by atoms with Crippen LogP contribution in [0.15, 0.2) is 29.4 Å². The molecule has 14 heavy (non-hydrogen) atoms. The third-order valence-corrected chi connectivity index (χ3v) is 4.55. The Kier molecular flexibility index (Phi) is 3.63. The molecule has 0 aliphatic carbocycles. The SMILES string of the molecule is IC[C@@H]1CN=C(Nc2ccccn2)S1. The van der Waals surface area contributed by atoms with Crippen LogP contribution in [0.25, 0.3) is 0 Å². The van der Waals surface area contributed by atoms with Gasteiger partial charge in [0.2, 0.25) is 0 Å². The highest BCUT2D eigenvalue weighted by atomic mass is 127. The highest BCUT2D eigenvalue weighted by molar-refractivity contribution is 14.1. The average molecular weight is 319 g/mol. The molecule has 1 aliphatic heterocycles. The Labute approximate surface area is 101 Å². The molecule has 5 heteroatoms. The zero-order valence-corrected chi connectivity index (χ0v) is 10.5. The second-order valence-electron chi connectivity index (χ2n) is 2.88. The molecule has 0 unspecified atom stereocenters. The van der Waals surface area contributed by atoms with Crippen molar-refractivity contribution >= 4 is 45.3 Å². The molecule has 0 saturated carbocycles. The van der Waals surface area contributed by atoms with Gasteiger partial charge in [0.1, 0.15) is 5.82 Å². The molecular formula is C9H10IN3S. The van der Waals surface area contributed by atoms with Gasteiger partial charge in [-0.15, -0.1) is 0 Å². The number of amidine groups is 1. The zero-order chi connectivity index (χ0) is 9.80. The molecule has 0 amide bonds. The smallest absolute Gasteiger partial charge is 0.162 e. The zero-order valence-electron chi connectivity index (χ0n) is 7.48. The number of anilines is 1. The van der Waals surface area contributed by atoms with Gasteiger partial charge >= 0.3 is 0 Å². The van der Waals surface area contributed by atoms with E-state index in [1.165, 1.54) is 0 Å². The third-order valence-electron chi connectivity index (χ3n) is 1.79. The van der Waals surface area contributed by atoms with E-state index in [1.807, 2.05) is 18.2 Å². The van der Waals surface area contributed by atoms with Crippen LogP contribution in [0.3, 0.4) is 0 Å². The maximum Gasteiger partial charge on any atom is 0.162 e. The number of nitrogens with one attached hydrogen (secondary N) is 1. The number of nitrogens with zero attached hydrogens (tertiary/aromatic N) is 2. The normalized spacial score (nSPS) is 20.6. The lowest BCUT2D eigenvalue weighted by molar-refractivity contribution is 0.999. The molecule has 0 aromatic carbocycles. The van der Waals surface area contributed by atoms with E-state index in [-0.39, 0.29) is 0 Å². The van der Waals surface area contributed by atoms with Crippen LogP contribution in [0, 0.1) is 0 Å².